The number of nitro groups is 1. The smallest absolute Gasteiger partial charge is 0.363 e. The maximum atomic E-state index is 12.5. The Balaban J connectivity index is 1.58. The fourth-order valence-electron chi connectivity index (χ4n) is 3.18. The Morgan fingerprint density at radius 2 is 1.77 bits per heavy atom. The quantitative estimate of drug-likeness (QED) is 0.104. The van der Waals surface area contributed by atoms with E-state index in [1.54, 1.807) is 43.3 Å². The number of nitro benzene ring substituents is 1. The number of benzene rings is 3. The number of esters is 2. The molecule has 0 amide bonds. The van der Waals surface area contributed by atoms with Gasteiger partial charge in [0.25, 0.3) is 5.69 Å². The summed E-state index contributed by atoms with van der Waals surface area (Å²) >= 11 is 12.6. The fourth-order valence-corrected chi connectivity index (χ4v) is 4.69. The summed E-state index contributed by atoms with van der Waals surface area (Å²) in [5, 5.41) is 11.5. The van der Waals surface area contributed by atoms with Crippen LogP contribution in [0.2, 0.25) is 5.02 Å². The number of rotatable bonds is 5. The van der Waals surface area contributed by atoms with Gasteiger partial charge in [-0.05, 0) is 99.0 Å². The second-order valence-corrected chi connectivity index (χ2v) is 9.45. The van der Waals surface area contributed by atoms with E-state index in [0.717, 1.165) is 0 Å². The molecule has 1 aliphatic heterocycles. The lowest BCUT2D eigenvalue weighted by Crippen LogP contribution is -2.09. The zero-order valence-electron chi connectivity index (χ0n) is 17.8. The van der Waals surface area contributed by atoms with Crippen molar-refractivity contribution in [1.29, 1.82) is 0 Å². The normalized spacial score (nSPS) is 14.0. The molecular formula is C24H13Br2ClN2O6. The van der Waals surface area contributed by atoms with Gasteiger partial charge in [-0.25, -0.2) is 14.6 Å². The first-order valence-electron chi connectivity index (χ1n) is 9.87. The minimum Gasteiger partial charge on any atom is -0.421 e. The van der Waals surface area contributed by atoms with Crippen LogP contribution in [0, 0.1) is 17.0 Å². The molecule has 1 aliphatic rings. The summed E-state index contributed by atoms with van der Waals surface area (Å²) in [4.78, 5) is 39.6. The van der Waals surface area contributed by atoms with Gasteiger partial charge in [0.05, 0.1) is 19.4 Å². The molecule has 35 heavy (non-hydrogen) atoms. The number of aliphatic imine (C=N–C) groups is 1. The minimum absolute atomic E-state index is 0.0407. The van der Waals surface area contributed by atoms with Gasteiger partial charge in [-0.3, -0.25) is 10.1 Å². The van der Waals surface area contributed by atoms with Gasteiger partial charge in [-0.15, -0.1) is 0 Å². The number of ether oxygens (including phenoxy) is 2. The van der Waals surface area contributed by atoms with E-state index >= 15 is 0 Å². The number of carbonyl (C=O) groups is 2. The third-order valence-corrected chi connectivity index (χ3v) is 6.29. The van der Waals surface area contributed by atoms with Crippen molar-refractivity contribution in [1.82, 2.24) is 0 Å². The van der Waals surface area contributed by atoms with Gasteiger partial charge in [0.15, 0.2) is 11.4 Å². The van der Waals surface area contributed by atoms with E-state index in [9.17, 15) is 19.7 Å². The number of nitrogens with zero attached hydrogens (tertiary/aromatic N) is 2. The van der Waals surface area contributed by atoms with E-state index in [0.29, 0.717) is 36.2 Å². The lowest BCUT2D eigenvalue weighted by atomic mass is 10.1. The molecule has 0 fully saturated rings. The van der Waals surface area contributed by atoms with Crippen molar-refractivity contribution in [2.45, 2.75) is 6.92 Å². The molecule has 4 rings (SSSR count). The van der Waals surface area contributed by atoms with E-state index in [1.165, 1.54) is 24.3 Å². The van der Waals surface area contributed by atoms with E-state index < -0.39 is 16.9 Å². The highest BCUT2D eigenvalue weighted by Crippen LogP contribution is 2.36. The summed E-state index contributed by atoms with van der Waals surface area (Å²) < 4.78 is 11.7. The van der Waals surface area contributed by atoms with Crippen LogP contribution in [0.25, 0.3) is 6.08 Å². The van der Waals surface area contributed by atoms with E-state index in [4.69, 9.17) is 21.1 Å². The maximum absolute atomic E-state index is 12.5. The summed E-state index contributed by atoms with van der Waals surface area (Å²) in [5.41, 5.74) is 1.77. The van der Waals surface area contributed by atoms with Crippen LogP contribution >= 0.6 is 43.5 Å². The van der Waals surface area contributed by atoms with Crippen molar-refractivity contribution in [2.24, 2.45) is 4.99 Å². The van der Waals surface area contributed by atoms with Gasteiger partial charge in [0.1, 0.15) is 0 Å². The summed E-state index contributed by atoms with van der Waals surface area (Å²) in [7, 11) is 0. The number of halogens is 3. The van der Waals surface area contributed by atoms with Crippen LogP contribution in [-0.2, 0) is 9.53 Å². The molecule has 0 aromatic heterocycles. The van der Waals surface area contributed by atoms with Gasteiger partial charge >= 0.3 is 11.9 Å². The van der Waals surface area contributed by atoms with Gasteiger partial charge in [0.2, 0.25) is 5.90 Å². The highest BCUT2D eigenvalue weighted by Gasteiger charge is 2.26. The first-order chi connectivity index (χ1) is 16.6. The van der Waals surface area contributed by atoms with Crippen LogP contribution in [0.1, 0.15) is 27.0 Å². The van der Waals surface area contributed by atoms with E-state index in [-0.39, 0.29) is 23.0 Å². The van der Waals surface area contributed by atoms with E-state index in [1.807, 2.05) is 0 Å². The van der Waals surface area contributed by atoms with Crippen molar-refractivity contribution in [3.63, 3.8) is 0 Å². The molecule has 8 nitrogen and oxygen atoms in total. The topological polar surface area (TPSA) is 108 Å². The average Bonchev–Trinajstić information content (AvgIpc) is 3.16. The zero-order valence-corrected chi connectivity index (χ0v) is 21.7. The van der Waals surface area contributed by atoms with Gasteiger partial charge in [0, 0.05) is 22.2 Å². The Labute approximate surface area is 220 Å². The fraction of sp³-hybridized carbons (Fsp3) is 0.0417. The van der Waals surface area contributed by atoms with Crippen molar-refractivity contribution >= 4 is 73.1 Å². The number of aryl methyl sites for hydroxylation is 1. The predicted octanol–water partition coefficient (Wildman–Crippen LogP) is 6.65. The highest BCUT2D eigenvalue weighted by atomic mass is 79.9. The second-order valence-electron chi connectivity index (χ2n) is 7.30. The molecule has 0 saturated heterocycles. The monoisotopic (exact) mass is 618 g/mol. The van der Waals surface area contributed by atoms with Crippen molar-refractivity contribution in [3.8, 4) is 5.75 Å². The Bertz CT molecular complexity index is 1430. The molecular weight excluding hydrogens is 608 g/mol. The number of hydrogen-bond donors (Lipinski definition) is 0. The molecule has 0 spiro atoms. The third-order valence-electron chi connectivity index (χ3n) is 4.86. The summed E-state index contributed by atoms with van der Waals surface area (Å²) in [6.07, 6.45) is 1.51. The van der Waals surface area contributed by atoms with Gasteiger partial charge in [-0.2, -0.15) is 0 Å². The highest BCUT2D eigenvalue weighted by molar-refractivity contribution is 9.11. The molecule has 0 aliphatic carbocycles. The van der Waals surface area contributed by atoms with Crippen molar-refractivity contribution in [3.05, 3.63) is 107 Å². The molecule has 1 heterocycles. The van der Waals surface area contributed by atoms with Gasteiger partial charge < -0.3 is 9.47 Å². The third kappa shape index (κ3) is 5.50. The lowest BCUT2D eigenvalue weighted by molar-refractivity contribution is -0.385. The number of hydrogen-bond acceptors (Lipinski definition) is 7. The summed E-state index contributed by atoms with van der Waals surface area (Å²) in [6, 6.07) is 13.9. The summed E-state index contributed by atoms with van der Waals surface area (Å²) in [5.74, 6) is -0.930. The second kappa shape index (κ2) is 10.1. The molecule has 0 unspecified atom stereocenters. The van der Waals surface area contributed by atoms with Gasteiger partial charge in [-0.1, -0.05) is 11.6 Å². The van der Waals surface area contributed by atoms with Crippen LogP contribution in [-0.4, -0.2) is 22.8 Å². The largest absolute Gasteiger partial charge is 0.421 e. The Kier molecular flexibility index (Phi) is 7.15. The minimum atomic E-state index is -0.665. The Morgan fingerprint density at radius 1 is 1.11 bits per heavy atom. The number of cyclic esters (lactones) is 1. The molecule has 176 valence electrons. The van der Waals surface area contributed by atoms with Crippen LogP contribution in [0.4, 0.5) is 5.69 Å². The summed E-state index contributed by atoms with van der Waals surface area (Å²) in [6.45, 7) is 1.59. The molecule has 3 aromatic carbocycles. The molecule has 0 bridgehead atoms. The van der Waals surface area contributed by atoms with Crippen molar-refractivity contribution in [2.75, 3.05) is 0 Å². The molecule has 0 saturated carbocycles. The SMILES string of the molecule is Cc1cc(C2=N/C(=C\c3cc(Br)c(OC(=O)c4ccc(Cl)cc4)c(Br)c3)C(=O)O2)ccc1[N+](=O)[O-]. The van der Waals surface area contributed by atoms with Crippen molar-refractivity contribution < 1.29 is 24.0 Å². The first-order valence-corrected chi connectivity index (χ1v) is 11.8. The standard InChI is InChI=1S/C24H13Br2ClN2O6/c1-12-8-15(4-7-20(12)29(32)33)22-28-19(24(31)35-22)11-13-9-17(25)21(18(26)10-13)34-23(30)14-2-5-16(27)6-3-14/h2-11H,1H3/b19-11-. The average molecular weight is 621 g/mol. The van der Waals surface area contributed by atoms with Crippen LogP contribution in [0.3, 0.4) is 0 Å². The molecule has 0 N–H and O–H groups in total. The Morgan fingerprint density at radius 3 is 2.37 bits per heavy atom. The Hall–Kier alpha value is -3.34. The number of carbonyl (C=O) groups excluding carboxylic acids is 2. The predicted molar refractivity (Wildman–Crippen MR) is 137 cm³/mol. The van der Waals surface area contributed by atoms with E-state index in [2.05, 4.69) is 36.9 Å². The molecule has 0 atom stereocenters. The van der Waals surface area contributed by atoms with Crippen LogP contribution in [0.15, 0.2) is 74.2 Å². The molecule has 0 radical (unpaired) electrons. The van der Waals surface area contributed by atoms with Crippen LogP contribution < -0.4 is 4.74 Å². The maximum Gasteiger partial charge on any atom is 0.363 e. The molecule has 11 heteroatoms. The molecule has 3 aromatic rings. The van der Waals surface area contributed by atoms with Crippen LogP contribution in [0.5, 0.6) is 5.75 Å². The zero-order chi connectivity index (χ0) is 25.3. The first kappa shape index (κ1) is 24.8. The lowest BCUT2D eigenvalue weighted by Gasteiger charge is -2.10.